The summed E-state index contributed by atoms with van der Waals surface area (Å²) >= 11 is 6.39. The first-order chi connectivity index (χ1) is 18.3. The minimum atomic E-state index is -0.597. The molecule has 3 heterocycles. The van der Waals surface area contributed by atoms with Crippen LogP contribution in [0.15, 0.2) is 52.8 Å². The number of fused-ring (bicyclic) bond motifs is 2. The smallest absolute Gasteiger partial charge is 0.315 e. The molecule has 9 nitrogen and oxygen atoms in total. The first kappa shape index (κ1) is 25.8. The molecule has 0 bridgehead atoms. The normalized spacial score (nSPS) is 22.4. The molecule has 3 N–H and O–H groups in total. The summed E-state index contributed by atoms with van der Waals surface area (Å²) in [7, 11) is 1.70. The minimum absolute atomic E-state index is 0.0457. The highest BCUT2D eigenvalue weighted by Gasteiger charge is 2.33. The number of hydrogen-bond donors (Lipinski definition) is 3. The van der Waals surface area contributed by atoms with Crippen molar-refractivity contribution in [2.24, 2.45) is 10.9 Å². The zero-order chi connectivity index (χ0) is 26.8. The van der Waals surface area contributed by atoms with E-state index in [1.807, 2.05) is 12.1 Å². The molecule has 1 saturated heterocycles. The first-order valence-corrected chi connectivity index (χ1v) is 12.9. The van der Waals surface area contributed by atoms with Crippen molar-refractivity contribution < 1.29 is 18.8 Å². The van der Waals surface area contributed by atoms with Gasteiger partial charge in [-0.2, -0.15) is 0 Å². The number of carbonyl (C=O) groups is 3. The number of pyridine rings is 1. The minimum Gasteiger partial charge on any atom is -0.344 e. The van der Waals surface area contributed by atoms with Crippen molar-refractivity contribution in [1.29, 1.82) is 0 Å². The van der Waals surface area contributed by atoms with E-state index in [-0.39, 0.29) is 35.8 Å². The fourth-order valence-electron chi connectivity index (χ4n) is 5.11. The van der Waals surface area contributed by atoms with E-state index in [2.05, 4.69) is 25.9 Å². The second-order valence-electron chi connectivity index (χ2n) is 9.66. The first-order valence-electron chi connectivity index (χ1n) is 12.5. The van der Waals surface area contributed by atoms with Gasteiger partial charge in [0.1, 0.15) is 11.9 Å². The molecule has 1 aromatic carbocycles. The SMILES string of the molecule is CN1CCC(NC(=O)C2C=C(Cl)C(CNC(=O)NC3c4cnccc4CCc4c(F)cccc43)=NC2)C1=O. The van der Waals surface area contributed by atoms with E-state index in [1.165, 1.54) is 6.07 Å². The molecule has 2 aliphatic heterocycles. The highest BCUT2D eigenvalue weighted by atomic mass is 35.5. The Morgan fingerprint density at radius 2 is 2.03 bits per heavy atom. The summed E-state index contributed by atoms with van der Waals surface area (Å²) in [6.45, 7) is 0.806. The lowest BCUT2D eigenvalue weighted by Crippen LogP contribution is -2.44. The maximum atomic E-state index is 14.6. The monoisotopic (exact) mass is 538 g/mol. The molecule has 38 heavy (non-hydrogen) atoms. The van der Waals surface area contributed by atoms with Crippen molar-refractivity contribution in [3.8, 4) is 0 Å². The highest BCUT2D eigenvalue weighted by Crippen LogP contribution is 2.33. The molecule has 0 saturated carbocycles. The molecule has 11 heteroatoms. The topological polar surface area (TPSA) is 116 Å². The fourth-order valence-corrected chi connectivity index (χ4v) is 5.38. The molecular weight excluding hydrogens is 511 g/mol. The van der Waals surface area contributed by atoms with Crippen LogP contribution in [0.25, 0.3) is 0 Å². The summed E-state index contributed by atoms with van der Waals surface area (Å²) in [5.41, 5.74) is 3.53. The highest BCUT2D eigenvalue weighted by molar-refractivity contribution is 6.44. The molecule has 0 spiro atoms. The fraction of sp³-hybridized carbons (Fsp3) is 0.370. The van der Waals surface area contributed by atoms with Gasteiger partial charge in [-0.1, -0.05) is 23.7 Å². The predicted octanol–water partition coefficient (Wildman–Crippen LogP) is 2.25. The number of likely N-dealkylation sites (tertiary alicyclic amines) is 1. The van der Waals surface area contributed by atoms with E-state index in [0.29, 0.717) is 42.6 Å². The van der Waals surface area contributed by atoms with Crippen LogP contribution >= 0.6 is 11.6 Å². The molecule has 1 aromatic heterocycles. The van der Waals surface area contributed by atoms with Crippen LogP contribution in [0.4, 0.5) is 9.18 Å². The number of benzene rings is 1. The van der Waals surface area contributed by atoms with Crippen LogP contribution in [0.1, 0.15) is 34.7 Å². The molecular formula is C27H28ClFN6O3. The zero-order valence-corrected chi connectivity index (χ0v) is 21.6. The zero-order valence-electron chi connectivity index (χ0n) is 20.8. The third-order valence-corrected chi connectivity index (χ3v) is 7.59. The van der Waals surface area contributed by atoms with Crippen LogP contribution in [0.2, 0.25) is 0 Å². The Morgan fingerprint density at radius 3 is 2.79 bits per heavy atom. The average molecular weight is 539 g/mol. The molecule has 3 aliphatic rings. The second-order valence-corrected chi connectivity index (χ2v) is 10.1. The number of nitrogens with zero attached hydrogens (tertiary/aromatic N) is 3. The summed E-state index contributed by atoms with van der Waals surface area (Å²) in [4.78, 5) is 47.9. The van der Waals surface area contributed by atoms with Gasteiger partial charge in [0, 0.05) is 31.5 Å². The molecule has 1 fully saturated rings. The summed E-state index contributed by atoms with van der Waals surface area (Å²) in [6.07, 6.45) is 6.72. The lowest BCUT2D eigenvalue weighted by molar-refractivity contribution is -0.132. The summed E-state index contributed by atoms with van der Waals surface area (Å²) in [6, 6.07) is 5.20. The predicted molar refractivity (Wildman–Crippen MR) is 140 cm³/mol. The van der Waals surface area contributed by atoms with Crippen molar-refractivity contribution in [2.45, 2.75) is 31.3 Å². The summed E-state index contributed by atoms with van der Waals surface area (Å²) < 4.78 is 14.6. The number of aliphatic imine (C=N–C) groups is 1. The second kappa shape index (κ2) is 10.9. The molecule has 3 atom stereocenters. The number of urea groups is 1. The number of dihydropyridines is 1. The molecule has 1 aliphatic carbocycles. The number of carbonyl (C=O) groups excluding carboxylic acids is 3. The lowest BCUT2D eigenvalue weighted by Gasteiger charge is -2.23. The average Bonchev–Trinajstić information content (AvgIpc) is 3.13. The van der Waals surface area contributed by atoms with Crippen molar-refractivity contribution in [3.63, 3.8) is 0 Å². The molecule has 5 rings (SSSR count). The van der Waals surface area contributed by atoms with Crippen LogP contribution in [0, 0.1) is 11.7 Å². The molecule has 2 aromatic rings. The van der Waals surface area contributed by atoms with Gasteiger partial charge in [0.2, 0.25) is 11.8 Å². The van der Waals surface area contributed by atoms with Crippen LogP contribution in [-0.4, -0.2) is 66.2 Å². The van der Waals surface area contributed by atoms with Crippen molar-refractivity contribution in [2.75, 3.05) is 26.7 Å². The number of aryl methyl sites for hydroxylation is 1. The lowest BCUT2D eigenvalue weighted by atomic mass is 9.96. The number of halogens is 2. The number of amides is 4. The van der Waals surface area contributed by atoms with Gasteiger partial charge in [0.15, 0.2) is 0 Å². The van der Waals surface area contributed by atoms with E-state index in [9.17, 15) is 18.8 Å². The molecule has 198 valence electrons. The van der Waals surface area contributed by atoms with Crippen LogP contribution in [-0.2, 0) is 22.4 Å². The van der Waals surface area contributed by atoms with Crippen molar-refractivity contribution in [3.05, 3.63) is 75.8 Å². The molecule has 4 amide bonds. The Hall–Kier alpha value is -3.79. The van der Waals surface area contributed by atoms with E-state index in [4.69, 9.17) is 11.6 Å². The van der Waals surface area contributed by atoms with Crippen LogP contribution in [0.5, 0.6) is 0 Å². The maximum Gasteiger partial charge on any atom is 0.315 e. The van der Waals surface area contributed by atoms with Gasteiger partial charge in [-0.25, -0.2) is 9.18 Å². The Bertz CT molecular complexity index is 1350. The molecule has 3 unspecified atom stereocenters. The van der Waals surface area contributed by atoms with E-state index >= 15 is 0 Å². The van der Waals surface area contributed by atoms with Crippen LogP contribution < -0.4 is 16.0 Å². The Labute approximate surface area is 224 Å². The van der Waals surface area contributed by atoms with E-state index < -0.39 is 24.0 Å². The molecule has 0 radical (unpaired) electrons. The van der Waals surface area contributed by atoms with Crippen molar-refractivity contribution >= 4 is 35.2 Å². The van der Waals surface area contributed by atoms with Crippen molar-refractivity contribution in [1.82, 2.24) is 25.8 Å². The Morgan fingerprint density at radius 1 is 1.18 bits per heavy atom. The van der Waals surface area contributed by atoms with Crippen LogP contribution in [0.3, 0.4) is 0 Å². The van der Waals surface area contributed by atoms with E-state index in [1.54, 1.807) is 36.5 Å². The number of hydrogen-bond acceptors (Lipinski definition) is 5. The number of likely N-dealkylation sites (N-methyl/N-ethyl adjacent to an activating group) is 1. The largest absolute Gasteiger partial charge is 0.344 e. The van der Waals surface area contributed by atoms with Gasteiger partial charge in [-0.15, -0.1) is 0 Å². The Balaban J connectivity index is 1.22. The van der Waals surface area contributed by atoms with E-state index in [0.717, 1.165) is 11.1 Å². The van der Waals surface area contributed by atoms with Gasteiger partial charge < -0.3 is 20.9 Å². The quantitative estimate of drug-likeness (QED) is 0.541. The third kappa shape index (κ3) is 5.26. The number of rotatable bonds is 5. The van der Waals surface area contributed by atoms with Gasteiger partial charge in [0.05, 0.1) is 35.8 Å². The van der Waals surface area contributed by atoms with Gasteiger partial charge in [-0.3, -0.25) is 19.6 Å². The number of aromatic nitrogens is 1. The standard InChI is InChI=1S/C27H28ClFN6O3/c1-35-10-8-22(26(35)37)33-25(36)16-11-20(28)23(31-12-16)14-32-27(38)34-24-18-3-2-4-21(29)17(18)6-5-15-7-9-30-13-19(15)24/h2-4,7,9,11,13,16,22,24H,5-6,8,10,12,14H2,1H3,(H,33,36)(H2,32,34,38). The summed E-state index contributed by atoms with van der Waals surface area (Å²) in [5, 5.41) is 8.76. The Kier molecular flexibility index (Phi) is 7.42. The van der Waals surface area contributed by atoms with Gasteiger partial charge >= 0.3 is 6.03 Å². The third-order valence-electron chi connectivity index (χ3n) is 7.24. The van der Waals surface area contributed by atoms with Gasteiger partial charge in [0.25, 0.3) is 0 Å². The summed E-state index contributed by atoms with van der Waals surface area (Å²) in [5.74, 6) is -1.31. The number of nitrogens with one attached hydrogen (secondary N) is 3. The maximum absolute atomic E-state index is 14.6. The van der Waals surface area contributed by atoms with Gasteiger partial charge in [-0.05, 0) is 54.2 Å².